The van der Waals surface area contributed by atoms with Crippen molar-refractivity contribution < 1.29 is 0 Å². The van der Waals surface area contributed by atoms with Gasteiger partial charge in [-0.15, -0.1) is 0 Å². The average molecular weight is 269 g/mol. The maximum atomic E-state index is 8.99. The lowest BCUT2D eigenvalue weighted by Crippen LogP contribution is -2.01. The van der Waals surface area contributed by atoms with Gasteiger partial charge in [-0.2, -0.15) is 10.4 Å². The van der Waals surface area contributed by atoms with E-state index < -0.39 is 0 Å². The minimum Gasteiger partial charge on any atom is -0.327 e. The molecule has 2 heterocycles. The molecule has 0 aliphatic carbocycles. The molecule has 0 aliphatic heterocycles. The molecule has 94 valence electrons. The van der Waals surface area contributed by atoms with Crippen LogP contribution < -0.4 is 0 Å². The third-order valence-electron chi connectivity index (χ3n) is 3.07. The van der Waals surface area contributed by atoms with Crippen molar-refractivity contribution in [2.24, 2.45) is 7.05 Å². The van der Waals surface area contributed by atoms with Gasteiger partial charge in [0.05, 0.1) is 23.0 Å². The van der Waals surface area contributed by atoms with Crippen LogP contribution in [0.25, 0.3) is 16.9 Å². The first-order chi connectivity index (χ1) is 9.11. The molecular formula is C13H11N5S. The average Bonchev–Trinajstić information content (AvgIpc) is 2.88. The summed E-state index contributed by atoms with van der Waals surface area (Å²) in [4.78, 5) is 3.16. The Bertz CT molecular complexity index is 875. The van der Waals surface area contributed by atoms with Crippen molar-refractivity contribution in [3.63, 3.8) is 0 Å². The largest absolute Gasteiger partial charge is 0.327 e. The van der Waals surface area contributed by atoms with Crippen LogP contribution in [0.2, 0.25) is 0 Å². The predicted octanol–water partition coefficient (Wildman–Crippen LogP) is 2.60. The Hall–Kier alpha value is -2.39. The SMILES string of the molecule is Cc1nn(C)c2c1[nH]c(=S)n2-c1cccc(C#N)c1. The Labute approximate surface area is 114 Å². The molecule has 0 atom stereocenters. The van der Waals surface area contributed by atoms with Gasteiger partial charge in [0.15, 0.2) is 10.4 Å². The minimum absolute atomic E-state index is 0.598. The van der Waals surface area contributed by atoms with Crippen molar-refractivity contribution in [3.05, 3.63) is 40.3 Å². The van der Waals surface area contributed by atoms with E-state index in [2.05, 4.69) is 16.2 Å². The first-order valence-corrected chi connectivity index (χ1v) is 6.17. The van der Waals surface area contributed by atoms with Crippen LogP contribution >= 0.6 is 12.2 Å². The van der Waals surface area contributed by atoms with Crippen LogP contribution in [0.3, 0.4) is 0 Å². The lowest BCUT2D eigenvalue weighted by molar-refractivity contribution is 0.759. The Morgan fingerprint density at radius 2 is 2.21 bits per heavy atom. The molecule has 0 spiro atoms. The van der Waals surface area contributed by atoms with Gasteiger partial charge in [-0.05, 0) is 37.3 Å². The number of hydrogen-bond donors (Lipinski definition) is 1. The van der Waals surface area contributed by atoms with Gasteiger partial charge in [-0.3, -0.25) is 4.57 Å². The highest BCUT2D eigenvalue weighted by molar-refractivity contribution is 7.71. The van der Waals surface area contributed by atoms with E-state index in [9.17, 15) is 0 Å². The van der Waals surface area contributed by atoms with Gasteiger partial charge in [-0.1, -0.05) is 6.07 Å². The van der Waals surface area contributed by atoms with Crippen LogP contribution in [-0.2, 0) is 7.05 Å². The maximum absolute atomic E-state index is 8.99. The van der Waals surface area contributed by atoms with Gasteiger partial charge in [0, 0.05) is 7.05 Å². The minimum atomic E-state index is 0.598. The quantitative estimate of drug-likeness (QED) is 0.691. The molecule has 0 unspecified atom stereocenters. The summed E-state index contributed by atoms with van der Waals surface area (Å²) >= 11 is 5.37. The predicted molar refractivity (Wildman–Crippen MR) is 74.7 cm³/mol. The number of imidazole rings is 1. The molecule has 0 fully saturated rings. The standard InChI is InChI=1S/C13H11N5S/c1-8-11-12(17(2)16-8)18(13(19)15-11)10-5-3-4-9(6-10)7-14/h3-6H,1-2H3,(H,15,19). The molecular weight excluding hydrogens is 258 g/mol. The van der Waals surface area contributed by atoms with E-state index in [1.165, 1.54) is 0 Å². The number of nitrogens with zero attached hydrogens (tertiary/aromatic N) is 4. The smallest absolute Gasteiger partial charge is 0.184 e. The molecule has 0 saturated carbocycles. The van der Waals surface area contributed by atoms with Gasteiger partial charge >= 0.3 is 0 Å². The number of hydrogen-bond acceptors (Lipinski definition) is 3. The second-order valence-corrected chi connectivity index (χ2v) is 4.72. The molecule has 0 saturated heterocycles. The van der Waals surface area contributed by atoms with Crippen LogP contribution in [0.5, 0.6) is 0 Å². The van der Waals surface area contributed by atoms with Crippen LogP contribution in [0.4, 0.5) is 0 Å². The van der Waals surface area contributed by atoms with E-state index in [1.807, 2.05) is 36.7 Å². The van der Waals surface area contributed by atoms with Crippen LogP contribution in [0, 0.1) is 23.0 Å². The molecule has 1 aromatic carbocycles. The number of benzene rings is 1. The fourth-order valence-electron chi connectivity index (χ4n) is 2.26. The van der Waals surface area contributed by atoms with E-state index in [0.717, 1.165) is 22.5 Å². The van der Waals surface area contributed by atoms with Gasteiger partial charge in [-0.25, -0.2) is 4.68 Å². The van der Waals surface area contributed by atoms with Gasteiger partial charge in [0.25, 0.3) is 0 Å². The Morgan fingerprint density at radius 3 is 2.95 bits per heavy atom. The first-order valence-electron chi connectivity index (χ1n) is 5.76. The normalized spacial score (nSPS) is 10.8. The maximum Gasteiger partial charge on any atom is 0.184 e. The first kappa shape index (κ1) is 11.7. The van der Waals surface area contributed by atoms with E-state index in [1.54, 1.807) is 10.7 Å². The Balaban J connectivity index is 2.39. The molecule has 5 nitrogen and oxygen atoms in total. The van der Waals surface area contributed by atoms with E-state index >= 15 is 0 Å². The van der Waals surface area contributed by atoms with Crippen LogP contribution in [0.15, 0.2) is 24.3 Å². The van der Waals surface area contributed by atoms with Crippen LogP contribution in [0.1, 0.15) is 11.3 Å². The molecule has 19 heavy (non-hydrogen) atoms. The molecule has 0 aliphatic rings. The van der Waals surface area contributed by atoms with Crippen LogP contribution in [-0.4, -0.2) is 19.3 Å². The molecule has 2 aromatic heterocycles. The fraction of sp³-hybridized carbons (Fsp3) is 0.154. The molecule has 0 amide bonds. The molecule has 1 N–H and O–H groups in total. The van der Waals surface area contributed by atoms with Gasteiger partial charge < -0.3 is 4.98 Å². The molecule has 0 bridgehead atoms. The number of H-pyrrole nitrogens is 1. The summed E-state index contributed by atoms with van der Waals surface area (Å²) in [5, 5.41) is 13.4. The summed E-state index contributed by atoms with van der Waals surface area (Å²) in [5.74, 6) is 0. The topological polar surface area (TPSA) is 62.3 Å². The summed E-state index contributed by atoms with van der Waals surface area (Å²) in [6.07, 6.45) is 0. The number of nitriles is 1. The summed E-state index contributed by atoms with van der Waals surface area (Å²) in [6, 6.07) is 9.48. The Morgan fingerprint density at radius 1 is 1.42 bits per heavy atom. The zero-order valence-electron chi connectivity index (χ0n) is 10.5. The third kappa shape index (κ3) is 1.67. The third-order valence-corrected chi connectivity index (χ3v) is 3.36. The van der Waals surface area contributed by atoms with Gasteiger partial charge in [0.2, 0.25) is 0 Å². The Kier molecular flexibility index (Phi) is 2.50. The van der Waals surface area contributed by atoms with Crippen molar-refractivity contribution in [1.29, 1.82) is 5.26 Å². The highest BCUT2D eigenvalue weighted by Gasteiger charge is 2.13. The molecule has 0 radical (unpaired) electrons. The molecule has 6 heteroatoms. The van der Waals surface area contributed by atoms with Crippen molar-refractivity contribution in [1.82, 2.24) is 19.3 Å². The highest BCUT2D eigenvalue weighted by atomic mass is 32.1. The summed E-state index contributed by atoms with van der Waals surface area (Å²) in [5.41, 5.74) is 4.19. The lowest BCUT2D eigenvalue weighted by Gasteiger charge is -2.04. The zero-order chi connectivity index (χ0) is 13.6. The van der Waals surface area contributed by atoms with Gasteiger partial charge in [0.1, 0.15) is 5.52 Å². The monoisotopic (exact) mass is 269 g/mol. The number of aryl methyl sites for hydroxylation is 2. The van der Waals surface area contributed by atoms with E-state index in [4.69, 9.17) is 17.5 Å². The highest BCUT2D eigenvalue weighted by Crippen LogP contribution is 2.21. The number of fused-ring (bicyclic) bond motifs is 1. The van der Waals surface area contributed by atoms with Crippen molar-refractivity contribution >= 4 is 23.4 Å². The second-order valence-electron chi connectivity index (χ2n) is 4.34. The summed E-state index contributed by atoms with van der Waals surface area (Å²) in [6.45, 7) is 1.93. The zero-order valence-corrected chi connectivity index (χ0v) is 11.3. The number of nitrogens with one attached hydrogen (secondary N) is 1. The molecule has 3 aromatic rings. The van der Waals surface area contributed by atoms with Crippen molar-refractivity contribution in [2.45, 2.75) is 6.92 Å². The van der Waals surface area contributed by atoms with Crippen molar-refractivity contribution in [3.8, 4) is 11.8 Å². The van der Waals surface area contributed by atoms with E-state index in [-0.39, 0.29) is 0 Å². The fourth-order valence-corrected chi connectivity index (χ4v) is 2.56. The number of rotatable bonds is 1. The number of aromatic nitrogens is 4. The molecule has 3 rings (SSSR count). The second kappa shape index (κ2) is 4.07. The number of aromatic amines is 1. The summed E-state index contributed by atoms with van der Waals surface area (Å²) in [7, 11) is 1.88. The van der Waals surface area contributed by atoms with E-state index in [0.29, 0.717) is 10.3 Å². The van der Waals surface area contributed by atoms with Crippen molar-refractivity contribution in [2.75, 3.05) is 0 Å². The lowest BCUT2D eigenvalue weighted by atomic mass is 10.2. The summed E-state index contributed by atoms with van der Waals surface area (Å²) < 4.78 is 4.28.